The van der Waals surface area contributed by atoms with Gasteiger partial charge in [-0.05, 0) is 38.8 Å². The number of halogens is 1. The van der Waals surface area contributed by atoms with E-state index in [0.717, 1.165) is 41.9 Å². The Morgan fingerprint density at radius 2 is 2.20 bits per heavy atom. The Morgan fingerprint density at radius 3 is 2.93 bits per heavy atom. The maximum atomic E-state index is 13.1. The van der Waals surface area contributed by atoms with E-state index in [-0.39, 0.29) is 23.3 Å². The number of aromatic nitrogens is 4. The lowest BCUT2D eigenvalue weighted by molar-refractivity contribution is -0.136. The normalized spacial score (nSPS) is 18.0. The van der Waals surface area contributed by atoms with Gasteiger partial charge in [0.2, 0.25) is 5.91 Å². The third kappa shape index (κ3) is 3.86. The van der Waals surface area contributed by atoms with Crippen molar-refractivity contribution < 1.29 is 4.79 Å². The summed E-state index contributed by atoms with van der Waals surface area (Å²) < 4.78 is 1.81. The quantitative estimate of drug-likeness (QED) is 0.691. The SMILES string of the molecule is Cc1nn(CC(C)C(=O)N2CCCC(c3cc4cccnc4c(=O)[nH]3)C2)c(C)c1Cl. The smallest absolute Gasteiger partial charge is 0.274 e. The number of fused-ring (bicyclic) bond motifs is 1. The lowest BCUT2D eigenvalue weighted by Crippen LogP contribution is -2.43. The van der Waals surface area contributed by atoms with Gasteiger partial charge in [-0.3, -0.25) is 19.3 Å². The highest BCUT2D eigenvalue weighted by atomic mass is 35.5. The van der Waals surface area contributed by atoms with Crippen LogP contribution in [-0.2, 0) is 11.3 Å². The topological polar surface area (TPSA) is 83.9 Å². The molecular weight excluding hydrogens is 402 g/mol. The first-order chi connectivity index (χ1) is 14.3. The second-order valence-corrected chi connectivity index (χ2v) is 8.56. The van der Waals surface area contributed by atoms with Crippen LogP contribution in [0.15, 0.2) is 29.2 Å². The Morgan fingerprint density at radius 1 is 1.40 bits per heavy atom. The number of amides is 1. The van der Waals surface area contributed by atoms with Crippen LogP contribution in [0.5, 0.6) is 0 Å². The first kappa shape index (κ1) is 20.6. The fourth-order valence-corrected chi connectivity index (χ4v) is 4.41. The van der Waals surface area contributed by atoms with Gasteiger partial charge in [0.15, 0.2) is 0 Å². The van der Waals surface area contributed by atoms with Crippen molar-refractivity contribution in [2.24, 2.45) is 5.92 Å². The molecule has 2 unspecified atom stereocenters. The Labute approximate surface area is 180 Å². The summed E-state index contributed by atoms with van der Waals surface area (Å²) in [4.78, 5) is 34.6. The highest BCUT2D eigenvalue weighted by molar-refractivity contribution is 6.31. The molecule has 3 aromatic heterocycles. The van der Waals surface area contributed by atoms with E-state index in [9.17, 15) is 9.59 Å². The van der Waals surface area contributed by atoms with Gasteiger partial charge in [0.1, 0.15) is 5.52 Å². The molecule has 1 amide bonds. The van der Waals surface area contributed by atoms with Crippen LogP contribution >= 0.6 is 11.6 Å². The monoisotopic (exact) mass is 427 g/mol. The highest BCUT2D eigenvalue weighted by Crippen LogP contribution is 2.28. The lowest BCUT2D eigenvalue weighted by Gasteiger charge is -2.34. The van der Waals surface area contributed by atoms with Crippen LogP contribution in [0.3, 0.4) is 0 Å². The van der Waals surface area contributed by atoms with Crippen molar-refractivity contribution in [1.29, 1.82) is 0 Å². The number of hydrogen-bond acceptors (Lipinski definition) is 4. The summed E-state index contributed by atoms with van der Waals surface area (Å²) in [6.07, 6.45) is 3.46. The maximum Gasteiger partial charge on any atom is 0.274 e. The molecule has 0 radical (unpaired) electrons. The third-order valence-corrected chi connectivity index (χ3v) is 6.50. The van der Waals surface area contributed by atoms with Gasteiger partial charge in [-0.25, -0.2) is 0 Å². The first-order valence-electron chi connectivity index (χ1n) is 10.3. The van der Waals surface area contributed by atoms with Gasteiger partial charge in [0, 0.05) is 36.3 Å². The molecule has 1 saturated heterocycles. The molecule has 158 valence electrons. The van der Waals surface area contributed by atoms with Crippen molar-refractivity contribution in [2.75, 3.05) is 13.1 Å². The summed E-state index contributed by atoms with van der Waals surface area (Å²) in [5, 5.41) is 5.93. The number of aryl methyl sites for hydroxylation is 1. The summed E-state index contributed by atoms with van der Waals surface area (Å²) >= 11 is 6.24. The molecule has 0 bridgehead atoms. The van der Waals surface area contributed by atoms with Crippen LogP contribution in [0.4, 0.5) is 0 Å². The summed E-state index contributed by atoms with van der Waals surface area (Å²) in [6.45, 7) is 7.55. The van der Waals surface area contributed by atoms with Gasteiger partial charge in [0.05, 0.1) is 28.9 Å². The van der Waals surface area contributed by atoms with Crippen LogP contribution in [0.1, 0.15) is 42.8 Å². The van der Waals surface area contributed by atoms with E-state index in [2.05, 4.69) is 15.1 Å². The molecule has 3 aromatic rings. The molecule has 1 N–H and O–H groups in total. The standard InChI is InChI=1S/C22H26ClN5O2/c1-13(11-28-15(3)19(23)14(2)26-28)22(30)27-9-5-7-17(12-27)18-10-16-6-4-8-24-20(16)21(29)25-18/h4,6,8,10,13,17H,5,7,9,11-12H2,1-3H3,(H,25,29). The average Bonchev–Trinajstić information content (AvgIpc) is 2.99. The number of pyridine rings is 2. The fourth-order valence-electron chi connectivity index (χ4n) is 4.27. The van der Waals surface area contributed by atoms with E-state index in [4.69, 9.17) is 11.6 Å². The Bertz CT molecular complexity index is 1150. The van der Waals surface area contributed by atoms with Gasteiger partial charge >= 0.3 is 0 Å². The second kappa shape index (κ2) is 8.22. The van der Waals surface area contributed by atoms with Gasteiger partial charge in [-0.15, -0.1) is 0 Å². The molecule has 4 rings (SSSR count). The number of nitrogens with zero attached hydrogens (tertiary/aromatic N) is 4. The predicted molar refractivity (Wildman–Crippen MR) is 117 cm³/mol. The molecule has 8 heteroatoms. The number of rotatable bonds is 4. The van der Waals surface area contributed by atoms with Gasteiger partial charge in [0.25, 0.3) is 5.56 Å². The Hall–Kier alpha value is -2.67. The molecule has 4 heterocycles. The van der Waals surface area contributed by atoms with E-state index in [1.165, 1.54) is 0 Å². The Balaban J connectivity index is 1.50. The second-order valence-electron chi connectivity index (χ2n) is 8.19. The van der Waals surface area contributed by atoms with Crippen molar-refractivity contribution >= 4 is 28.4 Å². The van der Waals surface area contributed by atoms with E-state index in [1.54, 1.807) is 6.20 Å². The highest BCUT2D eigenvalue weighted by Gasteiger charge is 2.29. The summed E-state index contributed by atoms with van der Waals surface area (Å²) in [5.74, 6) is 0.00109. The molecule has 1 aliphatic heterocycles. The van der Waals surface area contributed by atoms with Crippen LogP contribution in [-0.4, -0.2) is 43.6 Å². The number of carbonyl (C=O) groups is 1. The molecule has 1 fully saturated rings. The molecule has 7 nitrogen and oxygen atoms in total. The molecule has 30 heavy (non-hydrogen) atoms. The van der Waals surface area contributed by atoms with Crippen molar-refractivity contribution in [2.45, 2.75) is 46.1 Å². The molecule has 0 aromatic carbocycles. The fraction of sp³-hybridized carbons (Fsp3) is 0.455. The van der Waals surface area contributed by atoms with Gasteiger partial charge in [-0.1, -0.05) is 24.6 Å². The molecule has 2 atom stereocenters. The lowest BCUT2D eigenvalue weighted by atomic mass is 9.92. The van der Waals surface area contributed by atoms with E-state index in [0.29, 0.717) is 23.6 Å². The molecule has 0 saturated carbocycles. The number of hydrogen-bond donors (Lipinski definition) is 1. The average molecular weight is 428 g/mol. The zero-order valence-electron chi connectivity index (χ0n) is 17.5. The molecular formula is C22H26ClN5O2. The first-order valence-corrected chi connectivity index (χ1v) is 10.7. The number of likely N-dealkylation sites (tertiary alicyclic amines) is 1. The van der Waals surface area contributed by atoms with E-state index < -0.39 is 0 Å². The third-order valence-electron chi connectivity index (χ3n) is 5.96. The number of carbonyl (C=O) groups excluding carboxylic acids is 1. The zero-order chi connectivity index (χ0) is 21.4. The molecule has 1 aliphatic rings. The van der Waals surface area contributed by atoms with Crippen LogP contribution in [0.25, 0.3) is 10.9 Å². The maximum absolute atomic E-state index is 13.1. The Kier molecular flexibility index (Phi) is 5.64. The predicted octanol–water partition coefficient (Wildman–Crippen LogP) is 3.43. The van der Waals surface area contributed by atoms with Gasteiger partial charge < -0.3 is 9.88 Å². The van der Waals surface area contributed by atoms with E-state index in [1.807, 2.05) is 48.6 Å². The van der Waals surface area contributed by atoms with Crippen LogP contribution < -0.4 is 5.56 Å². The van der Waals surface area contributed by atoms with Gasteiger partial charge in [-0.2, -0.15) is 5.10 Å². The van der Waals surface area contributed by atoms with Crippen LogP contribution in [0, 0.1) is 19.8 Å². The number of nitrogens with one attached hydrogen (secondary N) is 1. The van der Waals surface area contributed by atoms with Crippen molar-refractivity contribution in [3.05, 3.63) is 56.9 Å². The van der Waals surface area contributed by atoms with Crippen molar-refractivity contribution in [3.8, 4) is 0 Å². The minimum atomic E-state index is -0.210. The van der Waals surface area contributed by atoms with Crippen LogP contribution in [0.2, 0.25) is 5.02 Å². The largest absolute Gasteiger partial charge is 0.342 e. The minimum Gasteiger partial charge on any atom is -0.342 e. The summed E-state index contributed by atoms with van der Waals surface area (Å²) in [7, 11) is 0. The summed E-state index contributed by atoms with van der Waals surface area (Å²) in [5.41, 5.74) is 2.80. The number of H-pyrrole nitrogens is 1. The number of aromatic amines is 1. The van der Waals surface area contributed by atoms with Crippen molar-refractivity contribution in [3.63, 3.8) is 0 Å². The zero-order valence-corrected chi connectivity index (χ0v) is 18.2. The van der Waals surface area contributed by atoms with Crippen molar-refractivity contribution in [1.82, 2.24) is 24.6 Å². The molecule has 0 aliphatic carbocycles. The number of piperidine rings is 1. The molecule has 0 spiro atoms. The summed E-state index contributed by atoms with van der Waals surface area (Å²) in [6, 6.07) is 5.72. The van der Waals surface area contributed by atoms with E-state index >= 15 is 0 Å². The minimum absolute atomic E-state index is 0.105.